The zero-order valence-electron chi connectivity index (χ0n) is 18.7. The third-order valence-corrected chi connectivity index (χ3v) is 6.88. The van der Waals surface area contributed by atoms with Gasteiger partial charge in [0.15, 0.2) is 0 Å². The topological polar surface area (TPSA) is 80.3 Å². The quantitative estimate of drug-likeness (QED) is 0.591. The number of benzene rings is 1. The summed E-state index contributed by atoms with van der Waals surface area (Å²) in [6, 6.07) is 5.36. The Kier molecular flexibility index (Phi) is 6.62. The van der Waals surface area contributed by atoms with Gasteiger partial charge in [0, 0.05) is 17.5 Å². The first kappa shape index (κ1) is 22.9. The van der Waals surface area contributed by atoms with Crippen LogP contribution in [0.4, 0.5) is 9.18 Å². The lowest BCUT2D eigenvalue weighted by molar-refractivity contribution is 0.0473. The molecule has 32 heavy (non-hydrogen) atoms. The molecular weight excluding hydrogens is 429 g/mol. The first-order chi connectivity index (χ1) is 15.2. The number of aromatic nitrogens is 1. The molecule has 8 heteroatoms. The Labute approximate surface area is 192 Å². The summed E-state index contributed by atoms with van der Waals surface area (Å²) in [5, 5.41) is 7.01. The Balaban J connectivity index is 1.69. The maximum absolute atomic E-state index is 14.7. The second-order valence-electron chi connectivity index (χ2n) is 9.53. The predicted octanol–water partition coefficient (Wildman–Crippen LogP) is 5.04. The molecule has 2 N–H and O–H groups in total. The number of Topliss-reactive ketones (excluding diaryl/α,β-unsaturated/α-hetero) is 1. The molecule has 2 aromatic rings. The van der Waals surface area contributed by atoms with E-state index in [0.717, 1.165) is 43.7 Å². The van der Waals surface area contributed by atoms with Gasteiger partial charge in [-0.05, 0) is 59.1 Å². The second kappa shape index (κ2) is 9.27. The Morgan fingerprint density at radius 2 is 1.97 bits per heavy atom. The fourth-order valence-electron chi connectivity index (χ4n) is 3.93. The number of halogens is 1. The molecule has 2 heterocycles. The summed E-state index contributed by atoms with van der Waals surface area (Å²) in [5.74, 6) is -0.367. The summed E-state index contributed by atoms with van der Waals surface area (Å²) in [5.41, 5.74) is -0.0845. The highest BCUT2D eigenvalue weighted by molar-refractivity contribution is 7.15. The van der Waals surface area contributed by atoms with Crippen molar-refractivity contribution in [3.8, 4) is 10.4 Å². The Morgan fingerprint density at radius 1 is 1.22 bits per heavy atom. The molecule has 0 radical (unpaired) electrons. The molecule has 1 saturated carbocycles. The van der Waals surface area contributed by atoms with Gasteiger partial charge >= 0.3 is 6.09 Å². The number of alkyl carbamates (subject to hydrolysis) is 1. The minimum Gasteiger partial charge on any atom is -0.444 e. The zero-order valence-corrected chi connectivity index (χ0v) is 19.6. The van der Waals surface area contributed by atoms with Crippen molar-refractivity contribution in [2.75, 3.05) is 6.54 Å². The van der Waals surface area contributed by atoms with E-state index in [0.29, 0.717) is 16.4 Å². The highest BCUT2D eigenvalue weighted by Gasteiger charge is 2.37. The fourth-order valence-corrected chi connectivity index (χ4v) is 5.20. The largest absolute Gasteiger partial charge is 0.444 e. The van der Waals surface area contributed by atoms with Crippen molar-refractivity contribution in [2.24, 2.45) is 0 Å². The van der Waals surface area contributed by atoms with Crippen LogP contribution in [0.25, 0.3) is 10.4 Å². The third-order valence-electron chi connectivity index (χ3n) is 5.63. The Hall–Kier alpha value is -2.32. The number of rotatable bonds is 6. The number of ether oxygens (including phenoxy) is 1. The van der Waals surface area contributed by atoms with E-state index in [1.165, 1.54) is 17.4 Å². The number of carbonyl (C=O) groups excluding carboxylic acids is 2. The molecule has 1 aromatic heterocycles. The van der Waals surface area contributed by atoms with Gasteiger partial charge in [-0.25, -0.2) is 14.2 Å². The highest BCUT2D eigenvalue weighted by Crippen LogP contribution is 2.45. The van der Waals surface area contributed by atoms with Gasteiger partial charge in [0.1, 0.15) is 23.2 Å². The van der Waals surface area contributed by atoms with Gasteiger partial charge in [-0.15, -0.1) is 11.3 Å². The zero-order chi connectivity index (χ0) is 22.9. The van der Waals surface area contributed by atoms with Crippen molar-refractivity contribution in [2.45, 2.75) is 76.5 Å². The van der Waals surface area contributed by atoms with Crippen LogP contribution in [0.1, 0.15) is 74.3 Å². The normalized spacial score (nSPS) is 19.9. The van der Waals surface area contributed by atoms with Gasteiger partial charge in [-0.3, -0.25) is 4.79 Å². The Bertz CT molecular complexity index is 991. The smallest absolute Gasteiger partial charge is 0.408 e. The highest BCUT2D eigenvalue weighted by atomic mass is 32.1. The van der Waals surface area contributed by atoms with E-state index in [9.17, 15) is 14.0 Å². The number of thiazole rings is 1. The number of amides is 1. The average Bonchev–Trinajstić information content (AvgIpc) is 3.50. The molecule has 6 nitrogen and oxygen atoms in total. The van der Waals surface area contributed by atoms with Crippen LogP contribution in [0, 0.1) is 5.82 Å². The van der Waals surface area contributed by atoms with Gasteiger partial charge in [0.2, 0.25) is 5.78 Å². The summed E-state index contributed by atoms with van der Waals surface area (Å²) in [6.45, 7) is 6.11. The summed E-state index contributed by atoms with van der Waals surface area (Å²) in [4.78, 5) is 31.6. The molecule has 1 amide bonds. The Morgan fingerprint density at radius 3 is 2.59 bits per heavy atom. The molecule has 2 atom stereocenters. The number of piperidine rings is 1. The molecule has 1 saturated heterocycles. The number of ketones is 1. The lowest BCUT2D eigenvalue weighted by Gasteiger charge is -2.31. The third kappa shape index (κ3) is 5.35. The van der Waals surface area contributed by atoms with Crippen LogP contribution in [0.2, 0.25) is 0 Å². The standard InChI is InChI=1S/C24H30FN3O3S/c1-24(2,3)31-23(30)28-18(17-10-6-7-13-26-17)20(29)19-21(15-8-4-5-9-16(15)25)32-22(27-19)14-11-12-14/h4-5,8-9,14,17-18,26H,6-7,10-13H2,1-3H3,(H,28,30). The minimum absolute atomic E-state index is 0.232. The van der Waals surface area contributed by atoms with Crippen LogP contribution in [-0.2, 0) is 4.74 Å². The molecular formula is C24H30FN3O3S. The van der Waals surface area contributed by atoms with Crippen LogP contribution < -0.4 is 10.6 Å². The number of nitrogens with one attached hydrogen (secondary N) is 2. The number of hydrogen-bond acceptors (Lipinski definition) is 6. The fraction of sp³-hybridized carbons (Fsp3) is 0.542. The first-order valence-corrected chi connectivity index (χ1v) is 12.1. The van der Waals surface area contributed by atoms with E-state index in [1.807, 2.05) is 0 Å². The van der Waals surface area contributed by atoms with Gasteiger partial charge in [-0.2, -0.15) is 0 Å². The summed E-state index contributed by atoms with van der Waals surface area (Å²) in [6.07, 6.45) is 4.15. The van der Waals surface area contributed by atoms with Gasteiger partial charge in [0.05, 0.1) is 9.88 Å². The SMILES string of the molecule is CC(C)(C)OC(=O)NC(C(=O)c1nc(C2CC2)sc1-c1ccccc1F)C1CCCCN1. The molecule has 0 spiro atoms. The van der Waals surface area contributed by atoms with Crippen molar-refractivity contribution in [1.82, 2.24) is 15.6 Å². The summed E-state index contributed by atoms with van der Waals surface area (Å²) >= 11 is 1.38. The van der Waals surface area contributed by atoms with Crippen molar-refractivity contribution < 1.29 is 18.7 Å². The van der Waals surface area contributed by atoms with E-state index in [1.54, 1.807) is 39.0 Å². The van der Waals surface area contributed by atoms with E-state index >= 15 is 0 Å². The van der Waals surface area contributed by atoms with Crippen molar-refractivity contribution >= 4 is 23.2 Å². The van der Waals surface area contributed by atoms with Crippen LogP contribution in [0.5, 0.6) is 0 Å². The van der Waals surface area contributed by atoms with Crippen molar-refractivity contribution in [3.63, 3.8) is 0 Å². The van der Waals surface area contributed by atoms with Crippen LogP contribution in [0.15, 0.2) is 24.3 Å². The first-order valence-electron chi connectivity index (χ1n) is 11.3. The van der Waals surface area contributed by atoms with Gasteiger partial charge in [0.25, 0.3) is 0 Å². The van der Waals surface area contributed by atoms with E-state index in [4.69, 9.17) is 4.74 Å². The molecule has 1 aromatic carbocycles. The predicted molar refractivity (Wildman–Crippen MR) is 123 cm³/mol. The second-order valence-corrected chi connectivity index (χ2v) is 10.6. The van der Waals surface area contributed by atoms with Crippen LogP contribution >= 0.6 is 11.3 Å². The molecule has 1 aliphatic carbocycles. The van der Waals surface area contributed by atoms with E-state index in [2.05, 4.69) is 15.6 Å². The maximum Gasteiger partial charge on any atom is 0.408 e. The van der Waals surface area contributed by atoms with Crippen molar-refractivity contribution in [3.05, 3.63) is 40.8 Å². The maximum atomic E-state index is 14.7. The average molecular weight is 460 g/mol. The number of carbonyl (C=O) groups is 2. The van der Waals surface area contributed by atoms with Gasteiger partial charge in [-0.1, -0.05) is 24.6 Å². The monoisotopic (exact) mass is 459 g/mol. The van der Waals surface area contributed by atoms with E-state index < -0.39 is 17.7 Å². The molecule has 2 fully saturated rings. The molecule has 0 bridgehead atoms. The minimum atomic E-state index is -0.843. The molecule has 2 unspecified atom stereocenters. The molecule has 4 rings (SSSR count). The van der Waals surface area contributed by atoms with Crippen molar-refractivity contribution in [1.29, 1.82) is 0 Å². The summed E-state index contributed by atoms with van der Waals surface area (Å²) < 4.78 is 20.1. The lowest BCUT2D eigenvalue weighted by atomic mass is 9.93. The van der Waals surface area contributed by atoms with Crippen LogP contribution in [0.3, 0.4) is 0 Å². The van der Waals surface area contributed by atoms with Crippen LogP contribution in [-0.4, -0.2) is 41.1 Å². The lowest BCUT2D eigenvalue weighted by Crippen LogP contribution is -2.56. The molecule has 172 valence electrons. The summed E-state index contributed by atoms with van der Waals surface area (Å²) in [7, 11) is 0. The van der Waals surface area contributed by atoms with Gasteiger partial charge < -0.3 is 15.4 Å². The number of hydrogen-bond donors (Lipinski definition) is 2. The molecule has 1 aliphatic heterocycles. The molecule has 2 aliphatic rings. The van der Waals surface area contributed by atoms with E-state index in [-0.39, 0.29) is 23.3 Å². The number of nitrogens with zero attached hydrogens (tertiary/aromatic N) is 1.